The first-order chi connectivity index (χ1) is 12.5. The molecule has 0 spiro atoms. The van der Waals surface area contributed by atoms with Crippen molar-refractivity contribution in [3.63, 3.8) is 0 Å². The van der Waals surface area contributed by atoms with Gasteiger partial charge >= 0.3 is 6.03 Å². The maximum absolute atomic E-state index is 12.4. The number of carbonyl (C=O) groups is 2. The van der Waals surface area contributed by atoms with Crippen LogP contribution in [0.1, 0.15) is 10.5 Å². The first kappa shape index (κ1) is 17.7. The van der Waals surface area contributed by atoms with Crippen molar-refractivity contribution in [3.8, 4) is 11.3 Å². The van der Waals surface area contributed by atoms with Gasteiger partial charge in [-0.25, -0.2) is 4.79 Å². The maximum atomic E-state index is 12.4. The van der Waals surface area contributed by atoms with Gasteiger partial charge in [0.25, 0.3) is 5.91 Å². The van der Waals surface area contributed by atoms with Gasteiger partial charge in [-0.05, 0) is 42.5 Å². The van der Waals surface area contributed by atoms with Gasteiger partial charge in [0.1, 0.15) is 5.69 Å². The summed E-state index contributed by atoms with van der Waals surface area (Å²) in [4.78, 5) is 23.6. The molecule has 3 amide bonds. The zero-order chi connectivity index (χ0) is 18.5. The molecule has 0 saturated heterocycles. The minimum absolute atomic E-state index is 0.298. The fourth-order valence-corrected chi connectivity index (χ4v) is 2.50. The Kier molecular flexibility index (Phi) is 5.33. The first-order valence-corrected chi connectivity index (χ1v) is 8.56. The van der Waals surface area contributed by atoms with Crippen LogP contribution in [0.5, 0.6) is 0 Å². The SMILES string of the molecule is CNC(=O)Nc1ccc(NC(=O)c2cc(-c3ccc(Br)cc3)n[nH]2)cc1. The van der Waals surface area contributed by atoms with E-state index in [2.05, 4.69) is 42.1 Å². The molecule has 0 aliphatic heterocycles. The molecule has 3 rings (SSSR count). The van der Waals surface area contributed by atoms with E-state index >= 15 is 0 Å². The lowest BCUT2D eigenvalue weighted by atomic mass is 10.1. The second-order valence-electron chi connectivity index (χ2n) is 5.41. The average Bonchev–Trinajstić information content (AvgIpc) is 3.14. The van der Waals surface area contributed by atoms with Crippen LogP contribution < -0.4 is 16.0 Å². The summed E-state index contributed by atoms with van der Waals surface area (Å²) in [6.07, 6.45) is 0. The largest absolute Gasteiger partial charge is 0.341 e. The number of aromatic nitrogens is 2. The Morgan fingerprint density at radius 1 is 0.962 bits per heavy atom. The quantitative estimate of drug-likeness (QED) is 0.522. The number of anilines is 2. The van der Waals surface area contributed by atoms with Crippen LogP contribution in [-0.4, -0.2) is 29.2 Å². The number of nitrogens with one attached hydrogen (secondary N) is 4. The van der Waals surface area contributed by atoms with E-state index in [4.69, 9.17) is 0 Å². The van der Waals surface area contributed by atoms with Gasteiger partial charge in [0, 0.05) is 28.5 Å². The highest BCUT2D eigenvalue weighted by Crippen LogP contribution is 2.21. The smallest absolute Gasteiger partial charge is 0.318 e. The van der Waals surface area contributed by atoms with Crippen LogP contribution in [0.3, 0.4) is 0 Å². The molecule has 0 unspecified atom stereocenters. The van der Waals surface area contributed by atoms with Crippen molar-refractivity contribution in [1.82, 2.24) is 15.5 Å². The summed E-state index contributed by atoms with van der Waals surface area (Å²) in [6.45, 7) is 0. The number of amides is 3. The van der Waals surface area contributed by atoms with Crippen LogP contribution in [0.4, 0.5) is 16.2 Å². The monoisotopic (exact) mass is 413 g/mol. The van der Waals surface area contributed by atoms with E-state index in [0.29, 0.717) is 22.8 Å². The molecule has 3 aromatic rings. The molecule has 4 N–H and O–H groups in total. The molecule has 0 atom stereocenters. The van der Waals surface area contributed by atoms with Crippen LogP contribution in [-0.2, 0) is 0 Å². The summed E-state index contributed by atoms with van der Waals surface area (Å²) in [6, 6.07) is 15.9. The van der Waals surface area contributed by atoms with Crippen LogP contribution in [0.25, 0.3) is 11.3 Å². The Labute approximate surface area is 158 Å². The third-order valence-electron chi connectivity index (χ3n) is 3.59. The summed E-state index contributed by atoms with van der Waals surface area (Å²) >= 11 is 3.39. The van der Waals surface area contributed by atoms with Crippen LogP contribution >= 0.6 is 15.9 Å². The summed E-state index contributed by atoms with van der Waals surface area (Å²) in [5.41, 5.74) is 3.19. The van der Waals surface area contributed by atoms with E-state index in [1.807, 2.05) is 24.3 Å². The van der Waals surface area contributed by atoms with Crippen molar-refractivity contribution in [1.29, 1.82) is 0 Å². The van der Waals surface area contributed by atoms with Gasteiger partial charge in [-0.3, -0.25) is 9.89 Å². The molecular weight excluding hydrogens is 398 g/mol. The number of H-pyrrole nitrogens is 1. The lowest BCUT2D eigenvalue weighted by Crippen LogP contribution is -2.24. The predicted molar refractivity (Wildman–Crippen MR) is 104 cm³/mol. The number of hydrogen-bond acceptors (Lipinski definition) is 3. The van der Waals surface area contributed by atoms with Gasteiger partial charge in [-0.2, -0.15) is 5.10 Å². The lowest BCUT2D eigenvalue weighted by molar-refractivity contribution is 0.102. The van der Waals surface area contributed by atoms with E-state index < -0.39 is 0 Å². The first-order valence-electron chi connectivity index (χ1n) is 7.76. The van der Waals surface area contributed by atoms with Gasteiger partial charge in [0.05, 0.1) is 5.69 Å². The lowest BCUT2D eigenvalue weighted by Gasteiger charge is -2.06. The van der Waals surface area contributed by atoms with Gasteiger partial charge in [-0.15, -0.1) is 0 Å². The van der Waals surface area contributed by atoms with Crippen LogP contribution in [0, 0.1) is 0 Å². The van der Waals surface area contributed by atoms with Crippen LogP contribution in [0.15, 0.2) is 59.1 Å². The Bertz CT molecular complexity index is 920. The van der Waals surface area contributed by atoms with Crippen molar-refractivity contribution in [2.45, 2.75) is 0 Å². The Hall–Kier alpha value is -3.13. The number of carbonyl (C=O) groups excluding carboxylic acids is 2. The highest BCUT2D eigenvalue weighted by Gasteiger charge is 2.11. The molecule has 0 bridgehead atoms. The molecule has 132 valence electrons. The van der Waals surface area contributed by atoms with Crippen molar-refractivity contribution in [2.75, 3.05) is 17.7 Å². The molecular formula is C18H16BrN5O2. The number of nitrogens with zero attached hydrogens (tertiary/aromatic N) is 1. The van der Waals surface area contributed by atoms with Crippen molar-refractivity contribution >= 4 is 39.2 Å². The number of aromatic amines is 1. The molecule has 0 saturated carbocycles. The number of rotatable bonds is 4. The molecule has 1 heterocycles. The summed E-state index contributed by atoms with van der Waals surface area (Å²) in [5.74, 6) is -0.298. The van der Waals surface area contributed by atoms with Gasteiger partial charge in [0.15, 0.2) is 0 Å². The molecule has 26 heavy (non-hydrogen) atoms. The molecule has 0 fully saturated rings. The average molecular weight is 414 g/mol. The van der Waals surface area contributed by atoms with E-state index in [9.17, 15) is 9.59 Å². The normalized spacial score (nSPS) is 10.2. The molecule has 0 aliphatic carbocycles. The summed E-state index contributed by atoms with van der Waals surface area (Å²) in [5, 5.41) is 14.8. The van der Waals surface area contributed by atoms with Gasteiger partial charge < -0.3 is 16.0 Å². The second kappa shape index (κ2) is 7.83. The van der Waals surface area contributed by atoms with Crippen molar-refractivity contribution in [2.24, 2.45) is 0 Å². The highest BCUT2D eigenvalue weighted by molar-refractivity contribution is 9.10. The predicted octanol–water partition coefficient (Wildman–Crippen LogP) is 3.84. The van der Waals surface area contributed by atoms with Gasteiger partial charge in [-0.1, -0.05) is 28.1 Å². The number of halogens is 1. The minimum Gasteiger partial charge on any atom is -0.341 e. The fourth-order valence-electron chi connectivity index (χ4n) is 2.24. The highest BCUT2D eigenvalue weighted by atomic mass is 79.9. The Balaban J connectivity index is 1.66. The number of hydrogen-bond donors (Lipinski definition) is 4. The Morgan fingerprint density at radius 3 is 2.19 bits per heavy atom. The number of benzene rings is 2. The summed E-state index contributed by atoms with van der Waals surface area (Å²) < 4.78 is 0.976. The standard InChI is InChI=1S/C18H16BrN5O2/c1-20-18(26)22-14-8-6-13(7-9-14)21-17(25)16-10-15(23-24-16)11-2-4-12(19)5-3-11/h2-10H,1H3,(H,21,25)(H,23,24)(H2,20,22,26). The summed E-state index contributed by atoms with van der Waals surface area (Å²) in [7, 11) is 1.54. The molecule has 0 aliphatic rings. The molecule has 0 radical (unpaired) electrons. The van der Waals surface area contributed by atoms with Gasteiger partial charge in [0.2, 0.25) is 0 Å². The van der Waals surface area contributed by atoms with Crippen molar-refractivity contribution < 1.29 is 9.59 Å². The topological polar surface area (TPSA) is 98.9 Å². The van der Waals surface area contributed by atoms with E-state index in [1.54, 1.807) is 30.3 Å². The molecule has 7 nitrogen and oxygen atoms in total. The second-order valence-corrected chi connectivity index (χ2v) is 6.33. The Morgan fingerprint density at radius 2 is 1.58 bits per heavy atom. The van der Waals surface area contributed by atoms with E-state index in [-0.39, 0.29) is 11.9 Å². The molecule has 2 aromatic carbocycles. The van der Waals surface area contributed by atoms with Crippen molar-refractivity contribution in [3.05, 3.63) is 64.8 Å². The van der Waals surface area contributed by atoms with E-state index in [0.717, 1.165) is 10.0 Å². The third-order valence-corrected chi connectivity index (χ3v) is 4.12. The number of urea groups is 1. The van der Waals surface area contributed by atoms with Crippen LogP contribution in [0.2, 0.25) is 0 Å². The zero-order valence-electron chi connectivity index (χ0n) is 13.8. The fraction of sp³-hybridized carbons (Fsp3) is 0.0556. The van der Waals surface area contributed by atoms with E-state index in [1.165, 1.54) is 7.05 Å². The zero-order valence-corrected chi connectivity index (χ0v) is 15.4. The third kappa shape index (κ3) is 4.28. The molecule has 8 heteroatoms. The molecule has 1 aromatic heterocycles. The maximum Gasteiger partial charge on any atom is 0.318 e. The minimum atomic E-state index is -0.306.